The molecule has 2 aromatic heterocycles. The van der Waals surface area contributed by atoms with Crippen molar-refractivity contribution in [1.82, 2.24) is 4.57 Å². The minimum Gasteiger partial charge on any atom is -0.308 e. The first-order valence-electron chi connectivity index (χ1n) is 14.2. The number of pyridine rings is 1. The van der Waals surface area contributed by atoms with E-state index in [0.717, 1.165) is 0 Å². The first-order valence-corrected chi connectivity index (χ1v) is 14.2. The van der Waals surface area contributed by atoms with Gasteiger partial charge in [-0.15, -0.1) is 0 Å². The molecule has 0 aliphatic rings. The predicted octanol–water partition coefficient (Wildman–Crippen LogP) is 9.50. The van der Waals surface area contributed by atoms with Crippen LogP contribution in [0.5, 0.6) is 0 Å². The molecule has 0 atom stereocenters. The van der Waals surface area contributed by atoms with Crippen molar-refractivity contribution < 1.29 is 4.57 Å². The van der Waals surface area contributed by atoms with E-state index in [2.05, 4.69) is 154 Å². The minimum absolute atomic E-state index is 0.0185. The Hall–Kier alpha value is -4.43. The molecular formula is C38H35N2+. The molecule has 0 spiro atoms. The first kappa shape index (κ1) is 24.6. The Morgan fingerprint density at radius 2 is 1.23 bits per heavy atom. The van der Waals surface area contributed by atoms with Gasteiger partial charge in [-0.05, 0) is 71.0 Å². The highest BCUT2D eigenvalue weighted by Gasteiger charge is 2.26. The van der Waals surface area contributed by atoms with E-state index in [0.29, 0.717) is 0 Å². The lowest BCUT2D eigenvalue weighted by molar-refractivity contribution is -0.633. The fourth-order valence-corrected chi connectivity index (χ4v) is 6.61. The molecule has 0 fully saturated rings. The smallest absolute Gasteiger partial charge is 0.215 e. The lowest BCUT2D eigenvalue weighted by Gasteiger charge is -2.24. The average molecular weight is 520 g/mol. The molecule has 0 bridgehead atoms. The van der Waals surface area contributed by atoms with E-state index in [1.54, 1.807) is 0 Å². The Labute approximate surface area is 236 Å². The van der Waals surface area contributed by atoms with Gasteiger partial charge in [0.15, 0.2) is 0 Å². The van der Waals surface area contributed by atoms with Crippen LogP contribution in [0.1, 0.15) is 37.5 Å². The molecule has 0 radical (unpaired) electrons. The van der Waals surface area contributed by atoms with Crippen LogP contribution in [-0.4, -0.2) is 4.57 Å². The van der Waals surface area contributed by atoms with Crippen molar-refractivity contribution in [2.45, 2.75) is 40.0 Å². The molecule has 0 unspecified atom stereocenters. The third-order valence-electron chi connectivity index (χ3n) is 8.64. The number of aryl methyl sites for hydroxylation is 3. The molecule has 2 heterocycles. The van der Waals surface area contributed by atoms with Gasteiger partial charge >= 0.3 is 0 Å². The van der Waals surface area contributed by atoms with Gasteiger partial charge in [-0.25, -0.2) is 0 Å². The number of benzene rings is 5. The highest BCUT2D eigenvalue weighted by atomic mass is 15.0. The van der Waals surface area contributed by atoms with Crippen molar-refractivity contribution in [3.63, 3.8) is 0 Å². The molecule has 7 rings (SSSR count). The monoisotopic (exact) mass is 519 g/mol. The predicted molar refractivity (Wildman–Crippen MR) is 171 cm³/mol. The number of rotatable bonds is 2. The molecule has 196 valence electrons. The van der Waals surface area contributed by atoms with Crippen LogP contribution in [0.3, 0.4) is 0 Å². The Kier molecular flexibility index (Phi) is 5.41. The quantitative estimate of drug-likeness (QED) is 0.201. The Bertz CT molecular complexity index is 2120. The number of aromatic nitrogens is 2. The second-order valence-corrected chi connectivity index (χ2v) is 12.3. The summed E-state index contributed by atoms with van der Waals surface area (Å²) in [5.74, 6) is 0. The minimum atomic E-state index is 0.0185. The SMILES string of the molecule is Cc1ccc2c3ccccc3n(-c3cc(-c4cc(C(C)(C)C)c5ccccc5c4C)[n+](C)c4ccccc34)c2c1. The van der Waals surface area contributed by atoms with Gasteiger partial charge in [-0.3, -0.25) is 0 Å². The second kappa shape index (κ2) is 8.79. The molecular weight excluding hydrogens is 484 g/mol. The maximum Gasteiger partial charge on any atom is 0.215 e. The molecule has 0 saturated heterocycles. The van der Waals surface area contributed by atoms with Crippen LogP contribution in [0.25, 0.3) is 60.4 Å². The molecule has 2 heteroatoms. The van der Waals surface area contributed by atoms with Crippen LogP contribution in [0.4, 0.5) is 0 Å². The van der Waals surface area contributed by atoms with Crippen molar-refractivity contribution in [2.75, 3.05) is 0 Å². The van der Waals surface area contributed by atoms with Gasteiger partial charge in [0.1, 0.15) is 7.05 Å². The molecule has 5 aromatic carbocycles. The third-order valence-corrected chi connectivity index (χ3v) is 8.64. The Morgan fingerprint density at radius 1 is 0.600 bits per heavy atom. The van der Waals surface area contributed by atoms with E-state index in [1.165, 1.54) is 77.1 Å². The van der Waals surface area contributed by atoms with Gasteiger partial charge in [0.25, 0.3) is 0 Å². The summed E-state index contributed by atoms with van der Waals surface area (Å²) in [6.07, 6.45) is 0. The fourth-order valence-electron chi connectivity index (χ4n) is 6.61. The highest BCUT2D eigenvalue weighted by Crippen LogP contribution is 2.40. The van der Waals surface area contributed by atoms with Crippen LogP contribution in [0.15, 0.2) is 103 Å². The van der Waals surface area contributed by atoms with Gasteiger partial charge in [0, 0.05) is 22.9 Å². The maximum absolute atomic E-state index is 2.48. The summed E-state index contributed by atoms with van der Waals surface area (Å²) in [4.78, 5) is 0. The molecule has 0 aliphatic carbocycles. The number of fused-ring (bicyclic) bond motifs is 5. The van der Waals surface area contributed by atoms with E-state index in [4.69, 9.17) is 0 Å². The maximum atomic E-state index is 2.48. The van der Waals surface area contributed by atoms with Crippen molar-refractivity contribution in [1.29, 1.82) is 0 Å². The molecule has 0 N–H and O–H groups in total. The van der Waals surface area contributed by atoms with Gasteiger partial charge in [0.05, 0.1) is 27.7 Å². The Balaban J connectivity index is 1.65. The Morgan fingerprint density at radius 3 is 1.98 bits per heavy atom. The zero-order valence-corrected chi connectivity index (χ0v) is 24.2. The lowest BCUT2D eigenvalue weighted by atomic mass is 9.80. The number of hydrogen-bond donors (Lipinski definition) is 0. The van der Waals surface area contributed by atoms with Crippen molar-refractivity contribution in [2.24, 2.45) is 7.05 Å². The normalized spacial score (nSPS) is 12.2. The van der Waals surface area contributed by atoms with Crippen LogP contribution in [-0.2, 0) is 12.5 Å². The van der Waals surface area contributed by atoms with Gasteiger partial charge in [-0.1, -0.05) is 87.5 Å². The van der Waals surface area contributed by atoms with Crippen molar-refractivity contribution >= 4 is 43.5 Å². The average Bonchev–Trinajstić information content (AvgIpc) is 3.27. The van der Waals surface area contributed by atoms with Crippen LogP contribution in [0.2, 0.25) is 0 Å². The zero-order chi connectivity index (χ0) is 27.8. The summed E-state index contributed by atoms with van der Waals surface area (Å²) in [6, 6.07) is 38.2. The second-order valence-electron chi connectivity index (χ2n) is 12.3. The topological polar surface area (TPSA) is 8.81 Å². The highest BCUT2D eigenvalue weighted by molar-refractivity contribution is 6.10. The van der Waals surface area contributed by atoms with E-state index < -0.39 is 0 Å². The summed E-state index contributed by atoms with van der Waals surface area (Å²) in [5, 5.41) is 6.49. The molecule has 2 nitrogen and oxygen atoms in total. The fraction of sp³-hybridized carbons (Fsp3) is 0.184. The van der Waals surface area contributed by atoms with Crippen molar-refractivity contribution in [3.05, 3.63) is 120 Å². The number of para-hydroxylation sites is 2. The summed E-state index contributed by atoms with van der Waals surface area (Å²) in [5.41, 5.74) is 11.4. The first-order chi connectivity index (χ1) is 19.2. The van der Waals surface area contributed by atoms with Crippen molar-refractivity contribution in [3.8, 4) is 16.9 Å². The summed E-state index contributed by atoms with van der Waals surface area (Å²) < 4.78 is 4.85. The number of hydrogen-bond acceptors (Lipinski definition) is 0. The standard InChI is InChI=1S/C38H35N2/c1-24-19-20-29-28-15-9-12-18-34(28)40(36(29)21-24)37-23-35(39(6)33-17-11-10-16-30(33)37)31-22-32(38(3,4)5)27-14-8-7-13-26(27)25(31)2/h7-23H,1-6H3/q+1. The molecule has 7 aromatic rings. The van der Waals surface area contributed by atoms with E-state index in [-0.39, 0.29) is 5.41 Å². The largest absolute Gasteiger partial charge is 0.308 e. The molecule has 40 heavy (non-hydrogen) atoms. The van der Waals surface area contributed by atoms with E-state index in [9.17, 15) is 0 Å². The molecule has 0 aliphatic heterocycles. The summed E-state index contributed by atoms with van der Waals surface area (Å²) in [6.45, 7) is 11.4. The van der Waals surface area contributed by atoms with Gasteiger partial charge in [0.2, 0.25) is 11.2 Å². The van der Waals surface area contributed by atoms with Crippen LogP contribution in [0, 0.1) is 13.8 Å². The summed E-state index contributed by atoms with van der Waals surface area (Å²) in [7, 11) is 2.21. The van der Waals surface area contributed by atoms with E-state index in [1.807, 2.05) is 0 Å². The lowest BCUT2D eigenvalue weighted by Crippen LogP contribution is -2.33. The summed E-state index contributed by atoms with van der Waals surface area (Å²) >= 11 is 0. The van der Waals surface area contributed by atoms with Crippen LogP contribution < -0.4 is 4.57 Å². The number of nitrogens with zero attached hydrogens (tertiary/aromatic N) is 2. The van der Waals surface area contributed by atoms with Crippen LogP contribution >= 0.6 is 0 Å². The van der Waals surface area contributed by atoms with Gasteiger partial charge < -0.3 is 4.57 Å². The molecule has 0 saturated carbocycles. The molecule has 0 amide bonds. The third kappa shape index (κ3) is 3.59. The zero-order valence-electron chi connectivity index (χ0n) is 24.2. The van der Waals surface area contributed by atoms with E-state index >= 15 is 0 Å². The van der Waals surface area contributed by atoms with Gasteiger partial charge in [-0.2, -0.15) is 4.57 Å².